The van der Waals surface area contributed by atoms with Gasteiger partial charge in [-0.3, -0.25) is 9.69 Å². The highest BCUT2D eigenvalue weighted by atomic mass is 35.5. The summed E-state index contributed by atoms with van der Waals surface area (Å²) < 4.78 is 14.4. The summed E-state index contributed by atoms with van der Waals surface area (Å²) in [6.07, 6.45) is -0.517. The second-order valence-electron chi connectivity index (χ2n) is 7.28. The Morgan fingerprint density at radius 2 is 2.00 bits per heavy atom. The third-order valence-corrected chi connectivity index (χ3v) is 5.85. The van der Waals surface area contributed by atoms with Crippen molar-refractivity contribution < 1.29 is 19.4 Å². The number of aliphatic hydroxyl groups is 1. The first-order valence-corrected chi connectivity index (χ1v) is 9.32. The largest absolute Gasteiger partial charge is 0.481 e. The van der Waals surface area contributed by atoms with Gasteiger partial charge in [0.15, 0.2) is 0 Å². The molecule has 4 nitrogen and oxygen atoms in total. The molecule has 0 aromatic heterocycles. The Morgan fingerprint density at radius 1 is 1.30 bits per heavy atom. The summed E-state index contributed by atoms with van der Waals surface area (Å²) in [5, 5.41) is 20.9. The van der Waals surface area contributed by atoms with E-state index in [1.54, 1.807) is 19.1 Å². The fraction of sp³-hybridized carbons (Fsp3) is 0.381. The van der Waals surface area contributed by atoms with Gasteiger partial charge in [0.25, 0.3) is 0 Å². The Labute approximate surface area is 163 Å². The van der Waals surface area contributed by atoms with Crippen LogP contribution in [0.4, 0.5) is 4.39 Å². The molecular formula is C21H23ClFNO3. The lowest BCUT2D eigenvalue weighted by Gasteiger charge is -2.43. The van der Waals surface area contributed by atoms with Crippen LogP contribution in [0, 0.1) is 18.2 Å². The van der Waals surface area contributed by atoms with Crippen molar-refractivity contribution >= 4 is 17.6 Å². The van der Waals surface area contributed by atoms with E-state index in [-0.39, 0.29) is 31.7 Å². The fourth-order valence-corrected chi connectivity index (χ4v) is 3.96. The van der Waals surface area contributed by atoms with Crippen molar-refractivity contribution in [1.29, 1.82) is 0 Å². The van der Waals surface area contributed by atoms with Gasteiger partial charge >= 0.3 is 5.97 Å². The molecular weight excluding hydrogens is 369 g/mol. The third-order valence-electron chi connectivity index (χ3n) is 5.49. The van der Waals surface area contributed by atoms with Crippen molar-refractivity contribution in [3.8, 4) is 0 Å². The number of carboxylic acid groups (broad SMARTS) is 1. The Kier molecular flexibility index (Phi) is 5.84. The van der Waals surface area contributed by atoms with Crippen molar-refractivity contribution in [1.82, 2.24) is 4.90 Å². The Balaban J connectivity index is 1.78. The summed E-state index contributed by atoms with van der Waals surface area (Å²) in [4.78, 5) is 13.9. The molecule has 0 bridgehead atoms. The van der Waals surface area contributed by atoms with Gasteiger partial charge in [0.05, 0.1) is 6.10 Å². The zero-order chi connectivity index (χ0) is 19.6. The van der Waals surface area contributed by atoms with E-state index in [2.05, 4.69) is 0 Å². The lowest BCUT2D eigenvalue weighted by molar-refractivity contribution is -0.163. The number of aliphatic hydroxyl groups excluding tert-OH is 1. The molecule has 27 heavy (non-hydrogen) atoms. The van der Waals surface area contributed by atoms with E-state index in [4.69, 9.17) is 11.6 Å². The predicted octanol–water partition coefficient (Wildman–Crippen LogP) is 3.67. The van der Waals surface area contributed by atoms with Crippen LogP contribution in [0.25, 0.3) is 0 Å². The summed E-state index contributed by atoms with van der Waals surface area (Å²) >= 11 is 6.15. The smallest absolute Gasteiger partial charge is 0.312 e. The Hall–Kier alpha value is -1.95. The van der Waals surface area contributed by atoms with Crippen molar-refractivity contribution in [2.45, 2.75) is 32.4 Å². The molecule has 0 unspecified atom stereocenters. The summed E-state index contributed by atoms with van der Waals surface area (Å²) in [7, 11) is 0. The van der Waals surface area contributed by atoms with Crippen LogP contribution in [0.1, 0.15) is 23.1 Å². The first-order valence-electron chi connectivity index (χ1n) is 8.95. The van der Waals surface area contributed by atoms with Gasteiger partial charge in [-0.05, 0) is 43.5 Å². The highest BCUT2D eigenvalue weighted by Crippen LogP contribution is 2.37. The number of rotatable bonds is 5. The molecule has 0 amide bonds. The summed E-state index contributed by atoms with van der Waals surface area (Å²) in [6.45, 7) is 2.52. The minimum absolute atomic E-state index is 0.156. The monoisotopic (exact) mass is 391 g/mol. The molecule has 0 aliphatic carbocycles. The second kappa shape index (κ2) is 7.97. The van der Waals surface area contributed by atoms with Gasteiger partial charge < -0.3 is 10.2 Å². The SMILES string of the molecule is Cc1ccc(Cl)c(CN2CC[C@](Cc3ccccc3)(C(=O)O)[C@@H](O)C2)c1F. The number of nitrogens with zero attached hydrogens (tertiary/aromatic N) is 1. The number of hydrogen-bond acceptors (Lipinski definition) is 3. The van der Waals surface area contributed by atoms with Crippen LogP contribution in [-0.2, 0) is 17.8 Å². The maximum Gasteiger partial charge on any atom is 0.312 e. The first kappa shape index (κ1) is 19.8. The van der Waals surface area contributed by atoms with E-state index in [0.29, 0.717) is 22.7 Å². The number of carboxylic acids is 1. The molecule has 1 aliphatic heterocycles. The van der Waals surface area contributed by atoms with E-state index < -0.39 is 17.5 Å². The maximum atomic E-state index is 14.4. The van der Waals surface area contributed by atoms with Crippen molar-refractivity contribution in [2.75, 3.05) is 13.1 Å². The van der Waals surface area contributed by atoms with Gasteiger partial charge in [0.1, 0.15) is 11.2 Å². The van der Waals surface area contributed by atoms with Gasteiger partial charge in [-0.15, -0.1) is 0 Å². The number of halogens is 2. The van der Waals surface area contributed by atoms with Gasteiger partial charge in [-0.1, -0.05) is 48.0 Å². The first-order chi connectivity index (χ1) is 12.8. The molecule has 1 heterocycles. The molecule has 0 spiro atoms. The molecule has 2 aromatic carbocycles. The molecule has 3 rings (SSSR count). The second-order valence-corrected chi connectivity index (χ2v) is 7.69. The van der Waals surface area contributed by atoms with E-state index in [9.17, 15) is 19.4 Å². The zero-order valence-electron chi connectivity index (χ0n) is 15.2. The molecule has 144 valence electrons. The molecule has 6 heteroatoms. The molecule has 2 aromatic rings. The number of aliphatic carboxylic acids is 1. The average molecular weight is 392 g/mol. The fourth-order valence-electron chi connectivity index (χ4n) is 3.75. The molecule has 1 aliphatic rings. The quantitative estimate of drug-likeness (QED) is 0.816. The van der Waals surface area contributed by atoms with Crippen LogP contribution in [0.2, 0.25) is 5.02 Å². The molecule has 2 atom stereocenters. The maximum absolute atomic E-state index is 14.4. The molecule has 2 N–H and O–H groups in total. The zero-order valence-corrected chi connectivity index (χ0v) is 15.9. The van der Waals surface area contributed by atoms with Crippen LogP contribution in [-0.4, -0.2) is 40.3 Å². The summed E-state index contributed by atoms with van der Waals surface area (Å²) in [5.41, 5.74) is 0.526. The molecule has 0 radical (unpaired) electrons. The van der Waals surface area contributed by atoms with Crippen molar-refractivity contribution in [2.24, 2.45) is 5.41 Å². The number of β-amino-alcohol motifs (C(OH)–C–C–N with tert-alkyl or cyclic N) is 1. The number of carbonyl (C=O) groups is 1. The molecule has 1 fully saturated rings. The van der Waals surface area contributed by atoms with Crippen LogP contribution in [0.15, 0.2) is 42.5 Å². The van der Waals surface area contributed by atoms with Crippen LogP contribution >= 0.6 is 11.6 Å². The highest BCUT2D eigenvalue weighted by Gasteiger charge is 2.48. The third kappa shape index (κ3) is 4.00. The number of piperidine rings is 1. The normalized spacial score (nSPS) is 23.3. The Morgan fingerprint density at radius 3 is 2.63 bits per heavy atom. The van der Waals surface area contributed by atoms with Crippen LogP contribution in [0.5, 0.6) is 0 Å². The number of aryl methyl sites for hydroxylation is 1. The predicted molar refractivity (Wildman–Crippen MR) is 102 cm³/mol. The minimum Gasteiger partial charge on any atom is -0.481 e. The van der Waals surface area contributed by atoms with Crippen molar-refractivity contribution in [3.63, 3.8) is 0 Å². The topological polar surface area (TPSA) is 60.8 Å². The summed E-state index contributed by atoms with van der Waals surface area (Å²) in [6, 6.07) is 12.6. The standard InChI is InChI=1S/C21H23ClFNO3/c1-14-7-8-17(22)16(19(14)23)12-24-10-9-21(20(26)27,18(25)13-24)11-15-5-3-2-4-6-15/h2-8,18,25H,9-13H2,1H3,(H,26,27)/t18-,21+/m0/s1. The highest BCUT2D eigenvalue weighted by molar-refractivity contribution is 6.31. The minimum atomic E-state index is -1.24. The van der Waals surface area contributed by atoms with Gasteiger partial charge in [0, 0.05) is 23.7 Å². The molecule has 1 saturated heterocycles. The van der Waals surface area contributed by atoms with E-state index in [1.165, 1.54) is 0 Å². The van der Waals surface area contributed by atoms with Gasteiger partial charge in [-0.2, -0.15) is 0 Å². The number of likely N-dealkylation sites (tertiary alicyclic amines) is 1. The Bertz CT molecular complexity index is 830. The number of hydrogen-bond donors (Lipinski definition) is 2. The number of benzene rings is 2. The van der Waals surface area contributed by atoms with Gasteiger partial charge in [0.2, 0.25) is 0 Å². The van der Waals surface area contributed by atoms with Crippen LogP contribution in [0.3, 0.4) is 0 Å². The summed E-state index contributed by atoms with van der Waals surface area (Å²) in [5.74, 6) is -1.35. The van der Waals surface area contributed by atoms with E-state index >= 15 is 0 Å². The van der Waals surface area contributed by atoms with Crippen LogP contribution < -0.4 is 0 Å². The lowest BCUT2D eigenvalue weighted by atomic mass is 9.71. The average Bonchev–Trinajstić information content (AvgIpc) is 2.65. The lowest BCUT2D eigenvalue weighted by Crippen LogP contribution is -2.55. The van der Waals surface area contributed by atoms with E-state index in [0.717, 1.165) is 5.56 Å². The van der Waals surface area contributed by atoms with Crippen molar-refractivity contribution in [3.05, 3.63) is 70.0 Å². The van der Waals surface area contributed by atoms with Gasteiger partial charge in [-0.25, -0.2) is 4.39 Å². The molecule has 0 saturated carbocycles. The van der Waals surface area contributed by atoms with E-state index in [1.807, 2.05) is 35.2 Å².